The van der Waals surface area contributed by atoms with Gasteiger partial charge >= 0.3 is 6.36 Å². The van der Waals surface area contributed by atoms with Crippen molar-refractivity contribution in [2.24, 2.45) is 0 Å². The summed E-state index contributed by atoms with van der Waals surface area (Å²) in [6.07, 6.45) is -2.63. The van der Waals surface area contributed by atoms with Crippen LogP contribution in [0.2, 0.25) is 0 Å². The summed E-state index contributed by atoms with van der Waals surface area (Å²) in [6.45, 7) is 6.20. The van der Waals surface area contributed by atoms with Gasteiger partial charge in [0.1, 0.15) is 11.6 Å². The third-order valence-corrected chi connectivity index (χ3v) is 4.98. The number of piperazine rings is 1. The van der Waals surface area contributed by atoms with Gasteiger partial charge in [0, 0.05) is 38.1 Å². The van der Waals surface area contributed by atoms with E-state index in [9.17, 15) is 13.2 Å². The van der Waals surface area contributed by atoms with E-state index >= 15 is 0 Å². The van der Waals surface area contributed by atoms with Crippen molar-refractivity contribution in [2.45, 2.75) is 26.3 Å². The first-order valence-corrected chi connectivity index (χ1v) is 8.93. The maximum Gasteiger partial charge on any atom is 0.573 e. The van der Waals surface area contributed by atoms with Crippen molar-refractivity contribution >= 4 is 17.2 Å². The highest BCUT2D eigenvalue weighted by atomic mass is 32.1. The van der Waals surface area contributed by atoms with Crippen molar-refractivity contribution in [3.8, 4) is 5.75 Å². The minimum Gasteiger partial charge on any atom is -0.404 e. The van der Waals surface area contributed by atoms with Crippen LogP contribution in [0.25, 0.3) is 0 Å². The Balaban J connectivity index is 1.51. The zero-order valence-corrected chi connectivity index (χ0v) is 14.6. The van der Waals surface area contributed by atoms with Crippen LogP contribution in [0.5, 0.6) is 5.75 Å². The molecule has 0 amide bonds. The van der Waals surface area contributed by atoms with Crippen molar-refractivity contribution in [1.29, 1.82) is 0 Å². The summed E-state index contributed by atoms with van der Waals surface area (Å²) >= 11 is 1.69. The van der Waals surface area contributed by atoms with E-state index in [1.54, 1.807) is 17.4 Å². The molecular weight excluding hydrogens is 353 g/mol. The molecule has 1 fully saturated rings. The predicted octanol–water partition coefficient (Wildman–Crippen LogP) is 3.32. The number of thiazole rings is 1. The Hall–Kier alpha value is -1.87. The summed E-state index contributed by atoms with van der Waals surface area (Å²) < 4.78 is 40.4. The van der Waals surface area contributed by atoms with Crippen molar-refractivity contribution in [3.63, 3.8) is 0 Å². The molecule has 0 aromatic carbocycles. The van der Waals surface area contributed by atoms with Crippen LogP contribution in [0.3, 0.4) is 0 Å². The van der Waals surface area contributed by atoms with Gasteiger partial charge < -0.3 is 9.64 Å². The van der Waals surface area contributed by atoms with Crippen LogP contribution >= 0.6 is 11.3 Å². The smallest absolute Gasteiger partial charge is 0.404 e. The third-order valence-electron chi connectivity index (χ3n) is 3.94. The molecule has 1 saturated heterocycles. The maximum absolute atomic E-state index is 12.2. The fourth-order valence-electron chi connectivity index (χ4n) is 2.70. The first kappa shape index (κ1) is 17.9. The van der Waals surface area contributed by atoms with Gasteiger partial charge in [-0.2, -0.15) is 0 Å². The lowest BCUT2D eigenvalue weighted by Crippen LogP contribution is -2.46. The number of aromatic nitrogens is 2. The Kier molecular flexibility index (Phi) is 5.43. The highest BCUT2D eigenvalue weighted by Gasteiger charge is 2.31. The molecule has 3 rings (SSSR count). The molecule has 0 N–H and O–H groups in total. The summed E-state index contributed by atoms with van der Waals surface area (Å²) in [6, 6.07) is 2.86. The van der Waals surface area contributed by atoms with Crippen LogP contribution in [0, 0.1) is 0 Å². The molecule has 2 aromatic rings. The number of hydrogen-bond acceptors (Lipinski definition) is 6. The molecule has 5 nitrogen and oxygen atoms in total. The zero-order chi connectivity index (χ0) is 17.9. The van der Waals surface area contributed by atoms with Crippen molar-refractivity contribution in [1.82, 2.24) is 14.9 Å². The summed E-state index contributed by atoms with van der Waals surface area (Å²) in [4.78, 5) is 13.1. The second kappa shape index (κ2) is 7.57. The number of alkyl halides is 3. The molecule has 0 unspecified atom stereocenters. The van der Waals surface area contributed by atoms with Gasteiger partial charge in [-0.05, 0) is 18.6 Å². The van der Waals surface area contributed by atoms with E-state index in [1.165, 1.54) is 6.07 Å². The molecule has 136 valence electrons. The van der Waals surface area contributed by atoms with E-state index in [1.807, 2.05) is 0 Å². The number of halogens is 3. The standard InChI is InChI=1S/C16H19F3N4OS/c1-2-15-21-12(11-25-15)10-22-5-7-23(8-6-22)14-4-3-13(9-20-14)24-16(17,18)19/h3-4,9,11H,2,5-8,10H2,1H3. The highest BCUT2D eigenvalue weighted by molar-refractivity contribution is 7.09. The second-order valence-corrected chi connectivity index (χ2v) is 6.69. The minimum absolute atomic E-state index is 0.301. The van der Waals surface area contributed by atoms with Crippen LogP contribution in [-0.2, 0) is 13.0 Å². The van der Waals surface area contributed by atoms with E-state index in [2.05, 4.69) is 36.8 Å². The second-order valence-electron chi connectivity index (χ2n) is 5.75. The van der Waals surface area contributed by atoms with Crippen LogP contribution in [0.15, 0.2) is 23.7 Å². The van der Waals surface area contributed by atoms with E-state index in [0.717, 1.165) is 56.0 Å². The number of pyridine rings is 1. The van der Waals surface area contributed by atoms with Gasteiger partial charge in [0.05, 0.1) is 16.9 Å². The number of hydrogen-bond donors (Lipinski definition) is 0. The van der Waals surface area contributed by atoms with Gasteiger partial charge in [0.2, 0.25) is 0 Å². The number of nitrogens with zero attached hydrogens (tertiary/aromatic N) is 4. The van der Waals surface area contributed by atoms with Gasteiger partial charge in [-0.3, -0.25) is 4.90 Å². The van der Waals surface area contributed by atoms with Gasteiger partial charge in [0.25, 0.3) is 0 Å². The Bertz CT molecular complexity index is 681. The van der Waals surface area contributed by atoms with Gasteiger partial charge in [-0.1, -0.05) is 6.92 Å². The Labute approximate surface area is 148 Å². The molecule has 2 aromatic heterocycles. The third kappa shape index (κ3) is 5.05. The lowest BCUT2D eigenvalue weighted by molar-refractivity contribution is -0.274. The monoisotopic (exact) mass is 372 g/mol. The van der Waals surface area contributed by atoms with Crippen molar-refractivity contribution in [2.75, 3.05) is 31.1 Å². The van der Waals surface area contributed by atoms with Crippen LogP contribution in [-0.4, -0.2) is 47.4 Å². The Morgan fingerprint density at radius 2 is 1.96 bits per heavy atom. The Morgan fingerprint density at radius 1 is 1.20 bits per heavy atom. The number of anilines is 1. The Morgan fingerprint density at radius 3 is 2.52 bits per heavy atom. The molecular formula is C16H19F3N4OS. The van der Waals surface area contributed by atoms with Crippen molar-refractivity contribution < 1.29 is 17.9 Å². The zero-order valence-electron chi connectivity index (χ0n) is 13.8. The quantitative estimate of drug-likeness (QED) is 0.805. The molecule has 0 bridgehead atoms. The highest BCUT2D eigenvalue weighted by Crippen LogP contribution is 2.24. The SMILES string of the molecule is CCc1nc(CN2CCN(c3ccc(OC(F)(F)F)cn3)CC2)cs1. The first-order chi connectivity index (χ1) is 11.9. The fraction of sp³-hybridized carbons (Fsp3) is 0.500. The molecule has 3 heterocycles. The van der Waals surface area contributed by atoms with Crippen molar-refractivity contribution in [3.05, 3.63) is 34.4 Å². The predicted molar refractivity (Wildman–Crippen MR) is 89.9 cm³/mol. The first-order valence-electron chi connectivity index (χ1n) is 8.05. The van der Waals surface area contributed by atoms with Crippen LogP contribution < -0.4 is 9.64 Å². The minimum atomic E-state index is -4.69. The molecule has 0 saturated carbocycles. The molecule has 0 aliphatic carbocycles. The van der Waals surface area contributed by atoms with Gasteiger partial charge in [-0.15, -0.1) is 24.5 Å². The molecule has 1 aliphatic rings. The average molecular weight is 372 g/mol. The topological polar surface area (TPSA) is 41.5 Å². The molecule has 25 heavy (non-hydrogen) atoms. The molecule has 9 heteroatoms. The summed E-state index contributed by atoms with van der Waals surface area (Å²) in [5, 5.41) is 3.26. The van der Waals surface area contributed by atoms with Crippen LogP contribution in [0.1, 0.15) is 17.6 Å². The van der Waals surface area contributed by atoms with E-state index in [4.69, 9.17) is 0 Å². The molecule has 0 atom stereocenters. The van der Waals surface area contributed by atoms with Crippen LogP contribution in [0.4, 0.5) is 19.0 Å². The van der Waals surface area contributed by atoms with E-state index < -0.39 is 6.36 Å². The summed E-state index contributed by atoms with van der Waals surface area (Å²) in [5.41, 5.74) is 1.10. The van der Waals surface area contributed by atoms with E-state index in [0.29, 0.717) is 5.82 Å². The largest absolute Gasteiger partial charge is 0.573 e. The lowest BCUT2D eigenvalue weighted by Gasteiger charge is -2.35. The number of rotatable bonds is 5. The summed E-state index contributed by atoms with van der Waals surface area (Å²) in [5.74, 6) is 0.362. The van der Waals surface area contributed by atoms with Gasteiger partial charge in [0.15, 0.2) is 0 Å². The maximum atomic E-state index is 12.2. The van der Waals surface area contributed by atoms with E-state index in [-0.39, 0.29) is 5.75 Å². The fourth-order valence-corrected chi connectivity index (χ4v) is 3.44. The molecule has 0 spiro atoms. The molecule has 0 radical (unpaired) electrons. The molecule has 1 aliphatic heterocycles. The normalized spacial score (nSPS) is 16.2. The average Bonchev–Trinajstić information content (AvgIpc) is 3.03. The number of aryl methyl sites for hydroxylation is 1. The lowest BCUT2D eigenvalue weighted by atomic mass is 10.3. The van der Waals surface area contributed by atoms with Gasteiger partial charge in [-0.25, -0.2) is 9.97 Å². The number of ether oxygens (including phenoxy) is 1. The summed E-state index contributed by atoms with van der Waals surface area (Å²) in [7, 11) is 0.